The van der Waals surface area contributed by atoms with Crippen LogP contribution in [-0.4, -0.2) is 17.4 Å². The third kappa shape index (κ3) is 2.65. The van der Waals surface area contributed by atoms with E-state index < -0.39 is 0 Å². The Morgan fingerprint density at radius 1 is 1.56 bits per heavy atom. The van der Waals surface area contributed by atoms with Gasteiger partial charge in [-0.05, 0) is 30.5 Å². The summed E-state index contributed by atoms with van der Waals surface area (Å²) < 4.78 is 0. The third-order valence-corrected chi connectivity index (χ3v) is 3.69. The van der Waals surface area contributed by atoms with Gasteiger partial charge >= 0.3 is 0 Å². The maximum Gasteiger partial charge on any atom is 0.225 e. The van der Waals surface area contributed by atoms with Crippen molar-refractivity contribution in [2.45, 2.75) is 26.3 Å². The van der Waals surface area contributed by atoms with Gasteiger partial charge in [-0.2, -0.15) is 5.26 Å². The lowest BCUT2D eigenvalue weighted by Gasteiger charge is -2.30. The average molecular weight is 263 g/mol. The van der Waals surface area contributed by atoms with Crippen LogP contribution in [0.15, 0.2) is 18.2 Å². The monoisotopic (exact) mass is 262 g/mol. The molecule has 1 aliphatic heterocycles. The van der Waals surface area contributed by atoms with Gasteiger partial charge in [0.2, 0.25) is 5.91 Å². The minimum absolute atomic E-state index is 0.107. The number of halogens is 1. The van der Waals surface area contributed by atoms with Gasteiger partial charge in [-0.25, -0.2) is 0 Å². The zero-order chi connectivity index (χ0) is 13.1. The van der Waals surface area contributed by atoms with Crippen LogP contribution in [0.2, 0.25) is 5.02 Å². The van der Waals surface area contributed by atoms with Crippen molar-refractivity contribution >= 4 is 17.5 Å². The largest absolute Gasteiger partial charge is 0.338 e. The Kier molecular flexibility index (Phi) is 3.88. The van der Waals surface area contributed by atoms with Crippen LogP contribution in [-0.2, 0) is 11.3 Å². The number of likely N-dealkylation sites (tertiary alicyclic amines) is 1. The molecule has 0 N–H and O–H groups in total. The number of carbonyl (C=O) groups is 1. The zero-order valence-corrected chi connectivity index (χ0v) is 11.1. The molecule has 0 aliphatic carbocycles. The summed E-state index contributed by atoms with van der Waals surface area (Å²) in [5, 5.41) is 9.33. The second-order valence-corrected chi connectivity index (χ2v) is 5.13. The first-order valence-electron chi connectivity index (χ1n) is 6.09. The summed E-state index contributed by atoms with van der Waals surface area (Å²) in [7, 11) is 0. The zero-order valence-electron chi connectivity index (χ0n) is 10.3. The Morgan fingerprint density at radius 3 is 3.00 bits per heavy atom. The molecule has 1 fully saturated rings. The van der Waals surface area contributed by atoms with Gasteiger partial charge < -0.3 is 4.90 Å². The molecule has 0 saturated carbocycles. The van der Waals surface area contributed by atoms with Crippen LogP contribution in [0.4, 0.5) is 0 Å². The molecule has 0 spiro atoms. The third-order valence-electron chi connectivity index (χ3n) is 3.34. The molecule has 18 heavy (non-hydrogen) atoms. The highest BCUT2D eigenvalue weighted by atomic mass is 35.5. The topological polar surface area (TPSA) is 44.1 Å². The van der Waals surface area contributed by atoms with E-state index in [1.807, 2.05) is 24.0 Å². The van der Waals surface area contributed by atoms with E-state index >= 15 is 0 Å². The summed E-state index contributed by atoms with van der Waals surface area (Å²) in [6.45, 7) is 3.29. The highest BCUT2D eigenvalue weighted by molar-refractivity contribution is 6.31. The molecule has 1 aliphatic rings. The molecule has 1 aromatic carbocycles. The van der Waals surface area contributed by atoms with Crippen LogP contribution >= 0.6 is 11.6 Å². The first-order valence-corrected chi connectivity index (χ1v) is 6.47. The molecule has 0 radical (unpaired) electrons. The van der Waals surface area contributed by atoms with Crippen LogP contribution in [0.25, 0.3) is 0 Å². The maximum absolute atomic E-state index is 12.0. The van der Waals surface area contributed by atoms with Crippen molar-refractivity contribution < 1.29 is 4.79 Å². The Morgan fingerprint density at radius 2 is 2.33 bits per heavy atom. The summed E-state index contributed by atoms with van der Waals surface area (Å²) in [5.74, 6) is 0.303. The maximum atomic E-state index is 12.0. The fourth-order valence-electron chi connectivity index (χ4n) is 2.24. The number of piperidine rings is 1. The molecule has 1 saturated heterocycles. The van der Waals surface area contributed by atoms with Gasteiger partial charge in [0.15, 0.2) is 0 Å². The highest BCUT2D eigenvalue weighted by Crippen LogP contribution is 2.23. The van der Waals surface area contributed by atoms with Gasteiger partial charge in [-0.1, -0.05) is 24.6 Å². The van der Waals surface area contributed by atoms with Crippen molar-refractivity contribution in [1.82, 2.24) is 4.90 Å². The SMILES string of the molecule is CC1CCCN(Cc2ccc(C#N)cc2Cl)C1=O. The first-order chi connectivity index (χ1) is 8.61. The predicted molar refractivity (Wildman–Crippen MR) is 70.0 cm³/mol. The summed E-state index contributed by atoms with van der Waals surface area (Å²) in [6.07, 6.45) is 2.01. The molecule has 2 rings (SSSR count). The van der Waals surface area contributed by atoms with Gasteiger partial charge in [0.1, 0.15) is 0 Å². The molecule has 1 unspecified atom stereocenters. The Labute approximate surface area is 112 Å². The lowest BCUT2D eigenvalue weighted by Crippen LogP contribution is -2.39. The number of carbonyl (C=O) groups excluding carboxylic acids is 1. The standard InChI is InChI=1S/C14H15ClN2O/c1-10-3-2-6-17(14(10)18)9-12-5-4-11(8-16)7-13(12)15/h4-5,7,10H,2-3,6,9H2,1H3. The van der Waals surface area contributed by atoms with Crippen LogP contribution in [0, 0.1) is 17.2 Å². The molecular weight excluding hydrogens is 248 g/mol. The molecule has 0 bridgehead atoms. The van der Waals surface area contributed by atoms with E-state index in [9.17, 15) is 4.79 Å². The molecular formula is C14H15ClN2O. The number of hydrogen-bond acceptors (Lipinski definition) is 2. The van der Waals surface area contributed by atoms with Crippen molar-refractivity contribution in [2.75, 3.05) is 6.54 Å². The number of nitriles is 1. The summed E-state index contributed by atoms with van der Waals surface area (Å²) in [4.78, 5) is 13.8. The van der Waals surface area contributed by atoms with Gasteiger partial charge in [-0.15, -0.1) is 0 Å². The normalized spacial score (nSPS) is 19.7. The second-order valence-electron chi connectivity index (χ2n) is 4.72. The number of rotatable bonds is 2. The number of benzene rings is 1. The minimum Gasteiger partial charge on any atom is -0.338 e. The molecule has 1 aromatic rings. The minimum atomic E-state index is 0.107. The molecule has 94 valence electrons. The highest BCUT2D eigenvalue weighted by Gasteiger charge is 2.25. The van der Waals surface area contributed by atoms with Crippen LogP contribution in [0.5, 0.6) is 0 Å². The van der Waals surface area contributed by atoms with Gasteiger partial charge in [0.05, 0.1) is 11.6 Å². The number of amides is 1. The summed E-state index contributed by atoms with van der Waals surface area (Å²) in [6, 6.07) is 7.26. The molecule has 1 heterocycles. The van der Waals surface area contributed by atoms with E-state index in [4.69, 9.17) is 16.9 Å². The summed E-state index contributed by atoms with van der Waals surface area (Å²) in [5.41, 5.74) is 1.44. The fraction of sp³-hybridized carbons (Fsp3) is 0.429. The van der Waals surface area contributed by atoms with Crippen LogP contribution in [0.1, 0.15) is 30.9 Å². The first kappa shape index (κ1) is 12.9. The van der Waals surface area contributed by atoms with E-state index in [1.54, 1.807) is 12.1 Å². The molecule has 1 atom stereocenters. The van der Waals surface area contributed by atoms with Crippen molar-refractivity contribution in [3.63, 3.8) is 0 Å². The predicted octanol–water partition coefficient (Wildman–Crippen LogP) is 2.97. The molecule has 0 aromatic heterocycles. The van der Waals surface area contributed by atoms with Gasteiger partial charge in [0, 0.05) is 24.0 Å². The number of nitrogens with zero attached hydrogens (tertiary/aromatic N) is 2. The van der Waals surface area contributed by atoms with Crippen molar-refractivity contribution in [3.8, 4) is 6.07 Å². The van der Waals surface area contributed by atoms with E-state index in [1.165, 1.54) is 0 Å². The van der Waals surface area contributed by atoms with Crippen molar-refractivity contribution in [2.24, 2.45) is 5.92 Å². The van der Waals surface area contributed by atoms with Crippen molar-refractivity contribution in [3.05, 3.63) is 34.3 Å². The second kappa shape index (κ2) is 5.41. The Hall–Kier alpha value is -1.53. The lowest BCUT2D eigenvalue weighted by atomic mass is 9.98. The van der Waals surface area contributed by atoms with Gasteiger partial charge in [-0.3, -0.25) is 4.79 Å². The van der Waals surface area contributed by atoms with Crippen LogP contribution in [0.3, 0.4) is 0 Å². The van der Waals surface area contributed by atoms with E-state index in [0.717, 1.165) is 24.9 Å². The quantitative estimate of drug-likeness (QED) is 0.822. The van der Waals surface area contributed by atoms with E-state index in [0.29, 0.717) is 17.1 Å². The Balaban J connectivity index is 2.14. The molecule has 1 amide bonds. The van der Waals surface area contributed by atoms with Gasteiger partial charge in [0.25, 0.3) is 0 Å². The number of hydrogen-bond donors (Lipinski definition) is 0. The van der Waals surface area contributed by atoms with E-state index in [2.05, 4.69) is 0 Å². The average Bonchev–Trinajstić information content (AvgIpc) is 2.37. The molecule has 3 nitrogen and oxygen atoms in total. The Bertz CT molecular complexity index is 507. The molecule has 4 heteroatoms. The van der Waals surface area contributed by atoms with Crippen molar-refractivity contribution in [1.29, 1.82) is 5.26 Å². The summed E-state index contributed by atoms with van der Waals surface area (Å²) >= 11 is 6.12. The van der Waals surface area contributed by atoms with Crippen LogP contribution < -0.4 is 0 Å². The van der Waals surface area contributed by atoms with E-state index in [-0.39, 0.29) is 11.8 Å². The smallest absolute Gasteiger partial charge is 0.225 e. The fourth-order valence-corrected chi connectivity index (χ4v) is 2.48. The lowest BCUT2D eigenvalue weighted by molar-refractivity contribution is -0.138.